The maximum Gasteiger partial charge on any atom is 0.230 e. The van der Waals surface area contributed by atoms with Gasteiger partial charge >= 0.3 is 0 Å². The highest BCUT2D eigenvalue weighted by molar-refractivity contribution is 8.01. The molecule has 23 heavy (non-hydrogen) atoms. The molecule has 0 aromatic carbocycles. The summed E-state index contributed by atoms with van der Waals surface area (Å²) in [6.07, 6.45) is 8.93. The van der Waals surface area contributed by atoms with Gasteiger partial charge in [0.1, 0.15) is 0 Å². The first-order valence-electron chi connectivity index (χ1n) is 8.27. The monoisotopic (exact) mass is 354 g/mol. The highest BCUT2D eigenvalue weighted by atomic mass is 32.2. The first-order chi connectivity index (χ1) is 11.2. The fourth-order valence-electron chi connectivity index (χ4n) is 2.84. The molecule has 0 bridgehead atoms. The molecule has 0 aliphatic heterocycles. The number of anilines is 1. The first kappa shape index (κ1) is 16.7. The van der Waals surface area contributed by atoms with E-state index in [0.717, 1.165) is 32.1 Å². The number of nitrogens with zero attached hydrogens (tertiary/aromatic N) is 2. The summed E-state index contributed by atoms with van der Waals surface area (Å²) in [6, 6.07) is 0.337. The van der Waals surface area contributed by atoms with Crippen LogP contribution < -0.4 is 10.6 Å². The SMILES string of the molecule is O=C(CSc1nnc(NC(=O)C2CCC2)s1)NC1CCCCC1. The van der Waals surface area contributed by atoms with Crippen molar-refractivity contribution in [1.82, 2.24) is 15.5 Å². The summed E-state index contributed by atoms with van der Waals surface area (Å²) < 4.78 is 0.715. The van der Waals surface area contributed by atoms with Crippen LogP contribution in [0.15, 0.2) is 4.34 Å². The van der Waals surface area contributed by atoms with Crippen molar-refractivity contribution in [2.45, 2.75) is 61.7 Å². The topological polar surface area (TPSA) is 84.0 Å². The summed E-state index contributed by atoms with van der Waals surface area (Å²) in [6.45, 7) is 0. The zero-order chi connectivity index (χ0) is 16.1. The second-order valence-corrected chi connectivity index (χ2v) is 8.38. The third-order valence-corrected chi connectivity index (χ3v) is 6.38. The number of carbonyl (C=O) groups is 2. The van der Waals surface area contributed by atoms with Crippen LogP contribution in [-0.2, 0) is 9.59 Å². The predicted molar refractivity (Wildman–Crippen MR) is 91.6 cm³/mol. The lowest BCUT2D eigenvalue weighted by atomic mass is 9.85. The molecule has 2 fully saturated rings. The number of rotatable bonds is 6. The zero-order valence-corrected chi connectivity index (χ0v) is 14.7. The molecule has 0 atom stereocenters. The second-order valence-electron chi connectivity index (χ2n) is 6.18. The van der Waals surface area contributed by atoms with Gasteiger partial charge in [-0.2, -0.15) is 0 Å². The summed E-state index contributed by atoms with van der Waals surface area (Å²) in [7, 11) is 0. The van der Waals surface area contributed by atoms with E-state index in [0.29, 0.717) is 21.3 Å². The summed E-state index contributed by atoms with van der Waals surface area (Å²) in [5, 5.41) is 14.4. The third-order valence-electron chi connectivity index (χ3n) is 4.41. The van der Waals surface area contributed by atoms with E-state index in [4.69, 9.17) is 0 Å². The van der Waals surface area contributed by atoms with Crippen LogP contribution in [0.4, 0.5) is 5.13 Å². The standard InChI is InChI=1S/C15H22N4O2S2/c20-12(16-11-7-2-1-3-8-11)9-22-15-19-18-14(23-15)17-13(21)10-5-4-6-10/h10-11H,1-9H2,(H,16,20)(H,17,18,21). The molecule has 6 nitrogen and oxygen atoms in total. The van der Waals surface area contributed by atoms with Crippen LogP contribution >= 0.6 is 23.1 Å². The van der Waals surface area contributed by atoms with Gasteiger partial charge in [0, 0.05) is 12.0 Å². The number of aromatic nitrogens is 2. The van der Waals surface area contributed by atoms with Gasteiger partial charge in [-0.05, 0) is 25.7 Å². The lowest BCUT2D eigenvalue weighted by Crippen LogP contribution is -2.37. The minimum absolute atomic E-state index is 0.0407. The Hall–Kier alpha value is -1.15. The van der Waals surface area contributed by atoms with Gasteiger partial charge in [-0.1, -0.05) is 48.8 Å². The van der Waals surface area contributed by atoms with E-state index in [9.17, 15) is 9.59 Å². The first-order valence-corrected chi connectivity index (χ1v) is 10.1. The molecule has 2 amide bonds. The van der Waals surface area contributed by atoms with Crippen LogP contribution in [0.3, 0.4) is 0 Å². The Morgan fingerprint density at radius 1 is 1.09 bits per heavy atom. The number of thioether (sulfide) groups is 1. The maximum absolute atomic E-state index is 12.0. The van der Waals surface area contributed by atoms with Crippen molar-refractivity contribution in [1.29, 1.82) is 0 Å². The van der Waals surface area contributed by atoms with E-state index in [1.54, 1.807) is 0 Å². The van der Waals surface area contributed by atoms with Gasteiger partial charge in [0.05, 0.1) is 5.75 Å². The summed E-state index contributed by atoms with van der Waals surface area (Å²) in [5.41, 5.74) is 0. The number of carbonyl (C=O) groups excluding carboxylic acids is 2. The minimum atomic E-state index is 0.0407. The van der Waals surface area contributed by atoms with E-state index in [-0.39, 0.29) is 17.7 Å². The predicted octanol–water partition coefficient (Wildman–Crippen LogP) is 2.82. The van der Waals surface area contributed by atoms with Gasteiger partial charge in [-0.25, -0.2) is 0 Å². The molecule has 2 aliphatic carbocycles. The van der Waals surface area contributed by atoms with E-state index >= 15 is 0 Å². The molecule has 2 N–H and O–H groups in total. The molecule has 2 saturated carbocycles. The van der Waals surface area contributed by atoms with Crippen molar-refractivity contribution in [2.75, 3.05) is 11.1 Å². The number of hydrogen-bond donors (Lipinski definition) is 2. The van der Waals surface area contributed by atoms with Gasteiger partial charge in [0.2, 0.25) is 16.9 Å². The molecule has 0 radical (unpaired) electrons. The van der Waals surface area contributed by atoms with Gasteiger partial charge in [-0.3, -0.25) is 9.59 Å². The average molecular weight is 355 g/mol. The Bertz CT molecular complexity index is 553. The quantitative estimate of drug-likeness (QED) is 0.606. The molecular formula is C15H22N4O2S2. The molecular weight excluding hydrogens is 332 g/mol. The van der Waals surface area contributed by atoms with Crippen LogP contribution in [0.1, 0.15) is 51.4 Å². The van der Waals surface area contributed by atoms with E-state index in [1.165, 1.54) is 42.4 Å². The number of amides is 2. The summed E-state index contributed by atoms with van der Waals surface area (Å²) >= 11 is 2.70. The molecule has 3 rings (SSSR count). The highest BCUT2D eigenvalue weighted by Crippen LogP contribution is 2.30. The molecule has 0 unspecified atom stereocenters. The van der Waals surface area contributed by atoms with Gasteiger partial charge in [0.15, 0.2) is 4.34 Å². The van der Waals surface area contributed by atoms with E-state index < -0.39 is 0 Å². The van der Waals surface area contributed by atoms with Crippen LogP contribution in [0.25, 0.3) is 0 Å². The lowest BCUT2D eigenvalue weighted by Gasteiger charge is -2.23. The summed E-state index contributed by atoms with van der Waals surface area (Å²) in [5.74, 6) is 0.578. The zero-order valence-electron chi connectivity index (χ0n) is 13.0. The highest BCUT2D eigenvalue weighted by Gasteiger charge is 2.26. The smallest absolute Gasteiger partial charge is 0.230 e. The molecule has 1 aromatic heterocycles. The van der Waals surface area contributed by atoms with Crippen molar-refractivity contribution >= 4 is 40.0 Å². The van der Waals surface area contributed by atoms with Crippen molar-refractivity contribution in [2.24, 2.45) is 5.92 Å². The Morgan fingerprint density at radius 2 is 1.87 bits per heavy atom. The van der Waals surface area contributed by atoms with Crippen molar-refractivity contribution in [3.63, 3.8) is 0 Å². The molecule has 0 saturated heterocycles. The Morgan fingerprint density at radius 3 is 2.57 bits per heavy atom. The Kier molecular flexibility index (Phi) is 5.88. The number of nitrogens with one attached hydrogen (secondary N) is 2. The van der Waals surface area contributed by atoms with Crippen molar-refractivity contribution in [3.8, 4) is 0 Å². The largest absolute Gasteiger partial charge is 0.353 e. The Balaban J connectivity index is 1.39. The molecule has 8 heteroatoms. The molecule has 0 spiro atoms. The van der Waals surface area contributed by atoms with Crippen LogP contribution in [-0.4, -0.2) is 33.8 Å². The fourth-order valence-corrected chi connectivity index (χ4v) is 4.41. The van der Waals surface area contributed by atoms with E-state index in [2.05, 4.69) is 20.8 Å². The molecule has 1 heterocycles. The normalized spacial score (nSPS) is 19.1. The van der Waals surface area contributed by atoms with Gasteiger partial charge in [-0.15, -0.1) is 10.2 Å². The minimum Gasteiger partial charge on any atom is -0.353 e. The van der Waals surface area contributed by atoms with Crippen LogP contribution in [0, 0.1) is 5.92 Å². The Labute approximate surface area is 144 Å². The van der Waals surface area contributed by atoms with Gasteiger partial charge < -0.3 is 10.6 Å². The lowest BCUT2D eigenvalue weighted by molar-refractivity contribution is -0.122. The van der Waals surface area contributed by atoms with Crippen molar-refractivity contribution in [3.05, 3.63) is 0 Å². The third kappa shape index (κ3) is 4.91. The molecule has 1 aromatic rings. The van der Waals surface area contributed by atoms with Crippen LogP contribution in [0.5, 0.6) is 0 Å². The fraction of sp³-hybridized carbons (Fsp3) is 0.733. The second kappa shape index (κ2) is 8.10. The molecule has 126 valence electrons. The molecule has 2 aliphatic rings. The maximum atomic E-state index is 12.0. The van der Waals surface area contributed by atoms with Gasteiger partial charge in [0.25, 0.3) is 0 Å². The number of hydrogen-bond acceptors (Lipinski definition) is 6. The summed E-state index contributed by atoms with van der Waals surface area (Å²) in [4.78, 5) is 23.8. The average Bonchev–Trinajstić information content (AvgIpc) is 2.92. The van der Waals surface area contributed by atoms with E-state index in [1.807, 2.05) is 0 Å². The van der Waals surface area contributed by atoms with Crippen molar-refractivity contribution < 1.29 is 9.59 Å². The van der Waals surface area contributed by atoms with Crippen LogP contribution in [0.2, 0.25) is 0 Å².